The van der Waals surface area contributed by atoms with Crippen LogP contribution in [0.5, 0.6) is 0 Å². The summed E-state index contributed by atoms with van der Waals surface area (Å²) >= 11 is 6.01. The van der Waals surface area contributed by atoms with E-state index in [4.69, 9.17) is 11.6 Å². The van der Waals surface area contributed by atoms with Gasteiger partial charge in [0.2, 0.25) is 5.91 Å². The number of aromatic nitrogens is 2. The zero-order valence-corrected chi connectivity index (χ0v) is 17.1. The van der Waals surface area contributed by atoms with Crippen LogP contribution < -0.4 is 15.8 Å². The number of benzene rings is 2. The van der Waals surface area contributed by atoms with Crippen molar-refractivity contribution in [1.82, 2.24) is 9.78 Å². The predicted octanol–water partition coefficient (Wildman–Crippen LogP) is 4.02. The smallest absolute Gasteiger partial charge is 0.271 e. The summed E-state index contributed by atoms with van der Waals surface area (Å²) in [7, 11) is 0. The lowest BCUT2D eigenvalue weighted by Gasteiger charge is -2.33. The molecule has 0 radical (unpaired) electrons. The molecule has 1 aliphatic heterocycles. The van der Waals surface area contributed by atoms with Crippen molar-refractivity contribution in [3.8, 4) is 5.69 Å². The highest BCUT2D eigenvalue weighted by Crippen LogP contribution is 2.26. The van der Waals surface area contributed by atoms with Crippen molar-refractivity contribution in [2.24, 2.45) is 5.92 Å². The van der Waals surface area contributed by atoms with Crippen molar-refractivity contribution >= 4 is 29.0 Å². The van der Waals surface area contributed by atoms with Gasteiger partial charge in [-0.2, -0.15) is 4.68 Å². The van der Waals surface area contributed by atoms with Crippen LogP contribution in [0.3, 0.4) is 0 Å². The van der Waals surface area contributed by atoms with Gasteiger partial charge in [-0.1, -0.05) is 11.6 Å². The van der Waals surface area contributed by atoms with E-state index in [1.54, 1.807) is 6.07 Å². The van der Waals surface area contributed by atoms with Gasteiger partial charge in [-0.15, -0.1) is 5.10 Å². The molecule has 3 aromatic rings. The lowest BCUT2D eigenvalue weighted by atomic mass is 9.97. The third kappa shape index (κ3) is 4.74. The summed E-state index contributed by atoms with van der Waals surface area (Å²) in [5, 5.41) is 7.30. The standard InChI is InChI=1S/C22H19ClF2N4O2/c23-18-12-16(25)5-8-19(18)26-22(31)14-2-1-11-28(13-14)20-9-10-21(30)29(27-20)17-6-3-15(24)4-7-17/h3-10,12,14H,1-2,11,13H2,(H,26,31)/t14-/m0/s1. The van der Waals surface area contributed by atoms with Crippen molar-refractivity contribution in [2.75, 3.05) is 23.3 Å². The maximum atomic E-state index is 13.2. The minimum Gasteiger partial charge on any atom is -0.354 e. The van der Waals surface area contributed by atoms with E-state index in [9.17, 15) is 18.4 Å². The first-order valence-electron chi connectivity index (χ1n) is 9.78. The number of carbonyl (C=O) groups is 1. The van der Waals surface area contributed by atoms with Gasteiger partial charge < -0.3 is 10.2 Å². The molecule has 0 aliphatic carbocycles. The Morgan fingerprint density at radius 1 is 1.06 bits per heavy atom. The van der Waals surface area contributed by atoms with Crippen LogP contribution in [0.25, 0.3) is 5.69 Å². The Balaban J connectivity index is 1.52. The van der Waals surface area contributed by atoms with E-state index in [-0.39, 0.29) is 22.4 Å². The molecule has 0 bridgehead atoms. The van der Waals surface area contributed by atoms with Crippen molar-refractivity contribution < 1.29 is 13.6 Å². The Hall–Kier alpha value is -3.26. The SMILES string of the molecule is O=C(Nc1ccc(F)cc1Cl)[C@H]1CCCN(c2ccc(=O)n(-c3ccc(F)cc3)n2)C1. The monoisotopic (exact) mass is 444 g/mol. The number of nitrogens with one attached hydrogen (secondary N) is 1. The summed E-state index contributed by atoms with van der Waals surface area (Å²) in [6.45, 7) is 1.08. The second kappa shape index (κ2) is 8.85. The molecule has 2 aromatic carbocycles. The summed E-state index contributed by atoms with van der Waals surface area (Å²) in [5.41, 5.74) is 0.464. The Bertz CT molecular complexity index is 1170. The first-order chi connectivity index (χ1) is 14.9. The number of anilines is 2. The molecule has 1 saturated heterocycles. The van der Waals surface area contributed by atoms with Gasteiger partial charge >= 0.3 is 0 Å². The highest BCUT2D eigenvalue weighted by molar-refractivity contribution is 6.33. The minimum absolute atomic E-state index is 0.133. The average Bonchev–Trinajstić information content (AvgIpc) is 2.77. The molecular weight excluding hydrogens is 426 g/mol. The zero-order chi connectivity index (χ0) is 22.0. The van der Waals surface area contributed by atoms with Crippen molar-refractivity contribution in [1.29, 1.82) is 0 Å². The minimum atomic E-state index is -0.478. The molecule has 0 saturated carbocycles. The molecule has 1 amide bonds. The molecule has 1 aliphatic rings. The lowest BCUT2D eigenvalue weighted by Crippen LogP contribution is -2.41. The molecule has 1 aromatic heterocycles. The van der Waals surface area contributed by atoms with Crippen molar-refractivity contribution in [2.45, 2.75) is 12.8 Å². The summed E-state index contributed by atoms with van der Waals surface area (Å²) in [6.07, 6.45) is 1.44. The van der Waals surface area contributed by atoms with E-state index in [0.29, 0.717) is 36.7 Å². The molecule has 6 nitrogen and oxygen atoms in total. The first kappa shape index (κ1) is 21.0. The molecule has 0 unspecified atom stereocenters. The van der Waals surface area contributed by atoms with Gasteiger partial charge in [-0.25, -0.2) is 8.78 Å². The maximum absolute atomic E-state index is 13.2. The van der Waals surface area contributed by atoms with E-state index < -0.39 is 11.6 Å². The number of piperidine rings is 1. The van der Waals surface area contributed by atoms with Crippen LogP contribution in [0, 0.1) is 17.6 Å². The Kier molecular flexibility index (Phi) is 5.99. The molecular formula is C22H19ClF2N4O2. The second-order valence-corrected chi connectivity index (χ2v) is 7.72. The van der Waals surface area contributed by atoms with Crippen LogP contribution >= 0.6 is 11.6 Å². The Labute approximate surface area is 182 Å². The molecule has 1 atom stereocenters. The fourth-order valence-corrected chi connectivity index (χ4v) is 3.78. The van der Waals surface area contributed by atoms with E-state index in [1.807, 2.05) is 4.90 Å². The fraction of sp³-hybridized carbons (Fsp3) is 0.227. The largest absolute Gasteiger partial charge is 0.354 e. The fourth-order valence-electron chi connectivity index (χ4n) is 3.56. The van der Waals surface area contributed by atoms with E-state index in [2.05, 4.69) is 10.4 Å². The number of hydrogen-bond acceptors (Lipinski definition) is 4. The third-order valence-electron chi connectivity index (χ3n) is 5.16. The quantitative estimate of drug-likeness (QED) is 0.660. The van der Waals surface area contributed by atoms with Crippen molar-refractivity contribution in [3.63, 3.8) is 0 Å². The van der Waals surface area contributed by atoms with Gasteiger partial charge in [-0.05, 0) is 61.4 Å². The molecule has 160 valence electrons. The second-order valence-electron chi connectivity index (χ2n) is 7.32. The first-order valence-corrected chi connectivity index (χ1v) is 10.2. The van der Waals surface area contributed by atoms with Crippen LogP contribution in [0.4, 0.5) is 20.3 Å². The summed E-state index contributed by atoms with van der Waals surface area (Å²) in [4.78, 5) is 26.9. The van der Waals surface area contributed by atoms with E-state index >= 15 is 0 Å². The number of halogens is 3. The van der Waals surface area contributed by atoms with Crippen LogP contribution in [0.1, 0.15) is 12.8 Å². The lowest BCUT2D eigenvalue weighted by molar-refractivity contribution is -0.120. The third-order valence-corrected chi connectivity index (χ3v) is 5.48. The Morgan fingerprint density at radius 2 is 1.81 bits per heavy atom. The van der Waals surface area contributed by atoms with Gasteiger partial charge in [0.1, 0.15) is 17.5 Å². The Morgan fingerprint density at radius 3 is 2.55 bits per heavy atom. The zero-order valence-electron chi connectivity index (χ0n) is 16.4. The normalized spacial score (nSPS) is 16.2. The number of carbonyl (C=O) groups excluding carboxylic acids is 1. The van der Waals surface area contributed by atoms with Crippen LogP contribution in [-0.2, 0) is 4.79 Å². The summed E-state index contributed by atoms with van der Waals surface area (Å²) in [6, 6.07) is 12.3. The van der Waals surface area contributed by atoms with Gasteiger partial charge in [0.15, 0.2) is 0 Å². The number of hydrogen-bond donors (Lipinski definition) is 1. The van der Waals surface area contributed by atoms with Gasteiger partial charge in [0.05, 0.1) is 22.3 Å². The van der Waals surface area contributed by atoms with Crippen LogP contribution in [0.2, 0.25) is 5.02 Å². The van der Waals surface area contributed by atoms with Crippen molar-refractivity contribution in [3.05, 3.63) is 81.6 Å². The molecule has 9 heteroatoms. The van der Waals surface area contributed by atoms with Gasteiger partial charge in [-0.3, -0.25) is 9.59 Å². The van der Waals surface area contributed by atoms with Crippen LogP contribution in [-0.4, -0.2) is 28.8 Å². The molecule has 1 fully saturated rings. The predicted molar refractivity (Wildman–Crippen MR) is 115 cm³/mol. The highest BCUT2D eigenvalue weighted by atomic mass is 35.5. The molecule has 1 N–H and O–H groups in total. The summed E-state index contributed by atoms with van der Waals surface area (Å²) in [5.74, 6) is -0.887. The molecule has 2 heterocycles. The topological polar surface area (TPSA) is 67.2 Å². The number of nitrogens with zero attached hydrogens (tertiary/aromatic N) is 3. The molecule has 31 heavy (non-hydrogen) atoms. The molecule has 4 rings (SSSR count). The average molecular weight is 445 g/mol. The number of amides is 1. The van der Waals surface area contributed by atoms with Gasteiger partial charge in [0, 0.05) is 19.2 Å². The maximum Gasteiger partial charge on any atom is 0.271 e. The summed E-state index contributed by atoms with van der Waals surface area (Å²) < 4.78 is 27.6. The van der Waals surface area contributed by atoms with Gasteiger partial charge in [0.25, 0.3) is 5.56 Å². The van der Waals surface area contributed by atoms with Crippen LogP contribution in [0.15, 0.2) is 59.4 Å². The highest BCUT2D eigenvalue weighted by Gasteiger charge is 2.27. The number of rotatable bonds is 4. The van der Waals surface area contributed by atoms with E-state index in [0.717, 1.165) is 12.5 Å². The van der Waals surface area contributed by atoms with E-state index in [1.165, 1.54) is 47.1 Å². The molecule has 0 spiro atoms.